The second-order valence-electron chi connectivity index (χ2n) is 3.93. The molecule has 1 N–H and O–H groups in total. The Labute approximate surface area is 91.0 Å². The van der Waals surface area contributed by atoms with Gasteiger partial charge < -0.3 is 15.0 Å². The van der Waals surface area contributed by atoms with Crippen LogP contribution in [0.4, 0.5) is 5.69 Å². The molecule has 1 aliphatic rings. The van der Waals surface area contributed by atoms with Gasteiger partial charge in [0.1, 0.15) is 12.4 Å². The summed E-state index contributed by atoms with van der Waals surface area (Å²) in [5.74, 6) is 1.01. The van der Waals surface area contributed by atoms with E-state index < -0.39 is 0 Å². The van der Waals surface area contributed by atoms with Crippen molar-refractivity contribution in [2.45, 2.75) is 6.42 Å². The molecule has 0 aliphatic carbocycles. The Morgan fingerprint density at radius 2 is 2.33 bits per heavy atom. The SMILES string of the molecule is CNCCc1ccc2c(c1)N(C)CCO2. The molecule has 0 aromatic heterocycles. The van der Waals surface area contributed by atoms with E-state index >= 15 is 0 Å². The summed E-state index contributed by atoms with van der Waals surface area (Å²) in [7, 11) is 4.09. The summed E-state index contributed by atoms with van der Waals surface area (Å²) in [6.07, 6.45) is 1.07. The number of hydrogen-bond acceptors (Lipinski definition) is 3. The van der Waals surface area contributed by atoms with Crippen LogP contribution in [0.15, 0.2) is 18.2 Å². The normalized spacial score (nSPS) is 14.7. The van der Waals surface area contributed by atoms with Crippen LogP contribution in [0.25, 0.3) is 0 Å². The molecule has 1 heterocycles. The fourth-order valence-corrected chi connectivity index (χ4v) is 1.82. The second-order valence-corrected chi connectivity index (χ2v) is 3.93. The van der Waals surface area contributed by atoms with Crippen LogP contribution in [0.1, 0.15) is 5.56 Å². The number of fused-ring (bicyclic) bond motifs is 1. The fourth-order valence-electron chi connectivity index (χ4n) is 1.82. The Kier molecular flexibility index (Phi) is 3.11. The van der Waals surface area contributed by atoms with Crippen molar-refractivity contribution in [1.82, 2.24) is 5.32 Å². The van der Waals surface area contributed by atoms with Crippen molar-refractivity contribution in [1.29, 1.82) is 0 Å². The summed E-state index contributed by atoms with van der Waals surface area (Å²) in [4.78, 5) is 2.25. The van der Waals surface area contributed by atoms with Gasteiger partial charge in [-0.05, 0) is 37.7 Å². The van der Waals surface area contributed by atoms with Crippen LogP contribution < -0.4 is 15.0 Å². The first-order valence-electron chi connectivity index (χ1n) is 5.42. The Hall–Kier alpha value is -1.22. The molecule has 0 unspecified atom stereocenters. The minimum absolute atomic E-state index is 0.791. The third-order valence-electron chi connectivity index (χ3n) is 2.78. The quantitative estimate of drug-likeness (QED) is 0.806. The smallest absolute Gasteiger partial charge is 0.142 e. The van der Waals surface area contributed by atoms with Crippen LogP contribution in [0, 0.1) is 0 Å². The maximum atomic E-state index is 5.60. The summed E-state index contributed by atoms with van der Waals surface area (Å²) in [6, 6.07) is 6.46. The van der Waals surface area contributed by atoms with Crippen molar-refractivity contribution >= 4 is 5.69 Å². The Bertz CT molecular complexity index is 338. The lowest BCUT2D eigenvalue weighted by Gasteiger charge is -2.28. The molecule has 0 bridgehead atoms. The lowest BCUT2D eigenvalue weighted by molar-refractivity contribution is 0.311. The van der Waals surface area contributed by atoms with E-state index in [0.29, 0.717) is 0 Å². The van der Waals surface area contributed by atoms with Crippen molar-refractivity contribution in [2.24, 2.45) is 0 Å². The van der Waals surface area contributed by atoms with E-state index in [2.05, 4.69) is 35.5 Å². The molecule has 0 saturated carbocycles. The summed E-state index contributed by atoms with van der Waals surface area (Å²) in [6.45, 7) is 2.78. The molecule has 1 aromatic rings. The number of rotatable bonds is 3. The van der Waals surface area contributed by atoms with E-state index in [1.165, 1.54) is 11.3 Å². The van der Waals surface area contributed by atoms with Gasteiger partial charge in [-0.25, -0.2) is 0 Å². The monoisotopic (exact) mass is 206 g/mol. The zero-order valence-electron chi connectivity index (χ0n) is 9.42. The maximum absolute atomic E-state index is 5.60. The molecule has 1 aromatic carbocycles. The van der Waals surface area contributed by atoms with E-state index in [1.807, 2.05) is 7.05 Å². The molecule has 0 amide bonds. The largest absolute Gasteiger partial charge is 0.490 e. The van der Waals surface area contributed by atoms with Crippen LogP contribution in [0.2, 0.25) is 0 Å². The molecular weight excluding hydrogens is 188 g/mol. The molecule has 82 valence electrons. The summed E-state index contributed by atoms with van der Waals surface area (Å²) in [5.41, 5.74) is 2.58. The van der Waals surface area contributed by atoms with Crippen molar-refractivity contribution < 1.29 is 4.74 Å². The van der Waals surface area contributed by atoms with Crippen molar-refractivity contribution in [3.63, 3.8) is 0 Å². The number of hydrogen-bond donors (Lipinski definition) is 1. The summed E-state index contributed by atoms with van der Waals surface area (Å²) >= 11 is 0. The average Bonchev–Trinajstić information content (AvgIpc) is 2.27. The first kappa shape index (κ1) is 10.3. The predicted molar refractivity (Wildman–Crippen MR) is 62.8 cm³/mol. The number of ether oxygens (including phenoxy) is 1. The topological polar surface area (TPSA) is 24.5 Å². The van der Waals surface area contributed by atoms with E-state index in [1.54, 1.807) is 0 Å². The molecule has 3 nitrogen and oxygen atoms in total. The number of benzene rings is 1. The first-order valence-corrected chi connectivity index (χ1v) is 5.42. The highest BCUT2D eigenvalue weighted by Gasteiger charge is 2.14. The highest BCUT2D eigenvalue weighted by atomic mass is 16.5. The molecule has 1 aliphatic heterocycles. The zero-order chi connectivity index (χ0) is 10.7. The number of nitrogens with zero attached hydrogens (tertiary/aromatic N) is 1. The summed E-state index contributed by atoms with van der Waals surface area (Å²) < 4.78 is 5.60. The van der Waals surface area contributed by atoms with Gasteiger partial charge in [0.25, 0.3) is 0 Å². The Morgan fingerprint density at radius 1 is 1.47 bits per heavy atom. The van der Waals surface area contributed by atoms with Crippen LogP contribution in [0.3, 0.4) is 0 Å². The van der Waals surface area contributed by atoms with E-state index in [9.17, 15) is 0 Å². The lowest BCUT2D eigenvalue weighted by Crippen LogP contribution is -2.28. The van der Waals surface area contributed by atoms with E-state index in [4.69, 9.17) is 4.74 Å². The minimum atomic E-state index is 0.791. The number of anilines is 1. The molecule has 3 heteroatoms. The molecule has 0 saturated heterocycles. The second kappa shape index (κ2) is 4.53. The van der Waals surface area contributed by atoms with Crippen LogP contribution in [-0.4, -0.2) is 33.8 Å². The van der Waals surface area contributed by atoms with Gasteiger partial charge in [-0.3, -0.25) is 0 Å². The zero-order valence-corrected chi connectivity index (χ0v) is 9.42. The minimum Gasteiger partial charge on any atom is -0.490 e. The van der Waals surface area contributed by atoms with Gasteiger partial charge in [-0.1, -0.05) is 6.07 Å². The third-order valence-corrected chi connectivity index (χ3v) is 2.78. The van der Waals surface area contributed by atoms with Gasteiger partial charge in [0.2, 0.25) is 0 Å². The molecule has 2 rings (SSSR count). The standard InChI is InChI=1S/C12H18N2O/c1-13-6-5-10-3-4-12-11(9-10)14(2)7-8-15-12/h3-4,9,13H,5-8H2,1-2H3. The molecule has 0 radical (unpaired) electrons. The number of likely N-dealkylation sites (N-methyl/N-ethyl adjacent to an activating group) is 2. The average molecular weight is 206 g/mol. The third kappa shape index (κ3) is 2.23. The van der Waals surface area contributed by atoms with Gasteiger partial charge >= 0.3 is 0 Å². The van der Waals surface area contributed by atoms with Gasteiger partial charge in [0, 0.05) is 7.05 Å². The van der Waals surface area contributed by atoms with Crippen LogP contribution in [-0.2, 0) is 6.42 Å². The molecule has 0 fully saturated rings. The lowest BCUT2D eigenvalue weighted by atomic mass is 10.1. The van der Waals surface area contributed by atoms with Crippen molar-refractivity contribution in [3.8, 4) is 5.75 Å². The van der Waals surface area contributed by atoms with Gasteiger partial charge in [0.05, 0.1) is 12.2 Å². The van der Waals surface area contributed by atoms with Crippen LogP contribution in [0.5, 0.6) is 5.75 Å². The van der Waals surface area contributed by atoms with E-state index in [-0.39, 0.29) is 0 Å². The van der Waals surface area contributed by atoms with Crippen molar-refractivity contribution in [2.75, 3.05) is 38.7 Å². The molecule has 0 spiro atoms. The van der Waals surface area contributed by atoms with Gasteiger partial charge in [-0.15, -0.1) is 0 Å². The Balaban J connectivity index is 2.19. The summed E-state index contributed by atoms with van der Waals surface area (Å²) in [5, 5.41) is 3.16. The van der Waals surface area contributed by atoms with E-state index in [0.717, 1.165) is 31.9 Å². The highest BCUT2D eigenvalue weighted by Crippen LogP contribution is 2.31. The maximum Gasteiger partial charge on any atom is 0.142 e. The van der Waals surface area contributed by atoms with Gasteiger partial charge in [0.15, 0.2) is 0 Å². The van der Waals surface area contributed by atoms with Crippen LogP contribution >= 0.6 is 0 Å². The van der Waals surface area contributed by atoms with Gasteiger partial charge in [-0.2, -0.15) is 0 Å². The first-order chi connectivity index (χ1) is 7.31. The Morgan fingerprint density at radius 3 is 3.13 bits per heavy atom. The molecule has 15 heavy (non-hydrogen) atoms. The molecular formula is C12H18N2O. The van der Waals surface area contributed by atoms with Crippen molar-refractivity contribution in [3.05, 3.63) is 23.8 Å². The predicted octanol–water partition coefficient (Wildman–Crippen LogP) is 1.28. The molecule has 0 atom stereocenters. The number of nitrogens with one attached hydrogen (secondary N) is 1. The fraction of sp³-hybridized carbons (Fsp3) is 0.500. The highest BCUT2D eigenvalue weighted by molar-refractivity contribution is 5.60.